The number of aryl methyl sites for hydroxylation is 1. The molecule has 0 spiro atoms. The van der Waals surface area contributed by atoms with E-state index in [1.54, 1.807) is 19.0 Å². The molecule has 1 amide bonds. The van der Waals surface area contributed by atoms with Crippen molar-refractivity contribution in [1.29, 1.82) is 0 Å². The van der Waals surface area contributed by atoms with E-state index in [1.807, 2.05) is 48.5 Å². The summed E-state index contributed by atoms with van der Waals surface area (Å²) in [5.41, 5.74) is 2.96. The van der Waals surface area contributed by atoms with Gasteiger partial charge < -0.3 is 9.64 Å². The fraction of sp³-hybridized carbons (Fsp3) is 0.263. The Bertz CT molecular complexity index is 825. The summed E-state index contributed by atoms with van der Waals surface area (Å²) in [4.78, 5) is 13.3. The number of aromatic nitrogens is 2. The summed E-state index contributed by atoms with van der Waals surface area (Å²) in [5, 5.41) is 8.40. The molecule has 1 N–H and O–H groups in total. The van der Waals surface area contributed by atoms with Gasteiger partial charge in [0.05, 0.1) is 5.52 Å². The third kappa shape index (κ3) is 3.74. The third-order valence-corrected chi connectivity index (χ3v) is 3.94. The third-order valence-electron chi connectivity index (χ3n) is 3.94. The number of hydrogen-bond acceptors (Lipinski definition) is 3. The molecule has 124 valence electrons. The van der Waals surface area contributed by atoms with Gasteiger partial charge in [-0.05, 0) is 24.1 Å². The number of ether oxygens (including phenoxy) is 1. The van der Waals surface area contributed by atoms with Crippen LogP contribution in [0.2, 0.25) is 0 Å². The molecule has 3 aromatic rings. The highest BCUT2D eigenvalue weighted by Crippen LogP contribution is 2.23. The molecule has 1 heterocycles. The Labute approximate surface area is 141 Å². The minimum absolute atomic E-state index is 0.112. The number of nitrogens with one attached hydrogen (secondary N) is 1. The van der Waals surface area contributed by atoms with Crippen molar-refractivity contribution in [2.75, 3.05) is 14.1 Å². The molecule has 0 saturated heterocycles. The van der Waals surface area contributed by atoms with E-state index in [1.165, 1.54) is 0 Å². The lowest BCUT2D eigenvalue weighted by Crippen LogP contribution is -2.21. The lowest BCUT2D eigenvalue weighted by atomic mass is 10.1. The van der Waals surface area contributed by atoms with Gasteiger partial charge >= 0.3 is 0 Å². The number of nitrogens with zero attached hydrogens (tertiary/aromatic N) is 2. The van der Waals surface area contributed by atoms with E-state index in [0.29, 0.717) is 19.4 Å². The maximum Gasteiger partial charge on any atom is 0.222 e. The minimum atomic E-state index is 0.112. The average molecular weight is 323 g/mol. The SMILES string of the molecule is CN(C)C(=O)CCc1[nH]nc2cc(OCc3ccccc3)ccc12. The summed E-state index contributed by atoms with van der Waals surface area (Å²) >= 11 is 0. The molecular formula is C19H21N3O2. The van der Waals surface area contributed by atoms with E-state index in [-0.39, 0.29) is 5.91 Å². The van der Waals surface area contributed by atoms with Gasteiger partial charge in [-0.25, -0.2) is 0 Å². The lowest BCUT2D eigenvalue weighted by Gasteiger charge is -2.09. The smallest absolute Gasteiger partial charge is 0.222 e. The van der Waals surface area contributed by atoms with E-state index in [0.717, 1.165) is 27.9 Å². The van der Waals surface area contributed by atoms with Crippen LogP contribution < -0.4 is 4.74 Å². The molecule has 0 saturated carbocycles. The van der Waals surface area contributed by atoms with Crippen molar-refractivity contribution in [3.05, 3.63) is 59.8 Å². The quantitative estimate of drug-likeness (QED) is 0.758. The maximum atomic E-state index is 11.7. The molecular weight excluding hydrogens is 302 g/mol. The van der Waals surface area contributed by atoms with Gasteiger partial charge in [0.1, 0.15) is 12.4 Å². The van der Waals surface area contributed by atoms with Crippen LogP contribution in [0.3, 0.4) is 0 Å². The molecule has 0 atom stereocenters. The molecule has 0 bridgehead atoms. The highest BCUT2D eigenvalue weighted by molar-refractivity contribution is 5.83. The highest BCUT2D eigenvalue weighted by Gasteiger charge is 2.10. The first kappa shape index (κ1) is 16.1. The van der Waals surface area contributed by atoms with Crippen molar-refractivity contribution < 1.29 is 9.53 Å². The van der Waals surface area contributed by atoms with Crippen LogP contribution in [0.1, 0.15) is 17.7 Å². The summed E-state index contributed by atoms with van der Waals surface area (Å²) in [6, 6.07) is 15.9. The zero-order chi connectivity index (χ0) is 16.9. The number of H-pyrrole nitrogens is 1. The zero-order valence-electron chi connectivity index (χ0n) is 14.0. The van der Waals surface area contributed by atoms with Crippen LogP contribution in [-0.4, -0.2) is 35.1 Å². The molecule has 0 aliphatic rings. The normalized spacial score (nSPS) is 10.8. The second kappa shape index (κ2) is 7.17. The number of rotatable bonds is 6. The van der Waals surface area contributed by atoms with Crippen LogP contribution in [0.5, 0.6) is 5.75 Å². The molecule has 0 radical (unpaired) electrons. The Hall–Kier alpha value is -2.82. The van der Waals surface area contributed by atoms with E-state index in [2.05, 4.69) is 10.2 Å². The molecule has 24 heavy (non-hydrogen) atoms. The first-order valence-electron chi connectivity index (χ1n) is 7.97. The van der Waals surface area contributed by atoms with E-state index >= 15 is 0 Å². The van der Waals surface area contributed by atoms with Gasteiger partial charge in [-0.2, -0.15) is 5.10 Å². The number of amides is 1. The molecule has 2 aromatic carbocycles. The molecule has 3 rings (SSSR count). The van der Waals surface area contributed by atoms with Gasteiger partial charge in [0.25, 0.3) is 0 Å². The van der Waals surface area contributed by atoms with E-state index in [9.17, 15) is 4.79 Å². The van der Waals surface area contributed by atoms with Crippen molar-refractivity contribution in [2.45, 2.75) is 19.4 Å². The number of carbonyl (C=O) groups is 1. The van der Waals surface area contributed by atoms with E-state index in [4.69, 9.17) is 4.74 Å². The number of aromatic amines is 1. The van der Waals surface area contributed by atoms with Gasteiger partial charge in [-0.1, -0.05) is 30.3 Å². The van der Waals surface area contributed by atoms with Crippen LogP contribution in [0.25, 0.3) is 10.9 Å². The monoisotopic (exact) mass is 323 g/mol. The fourth-order valence-corrected chi connectivity index (χ4v) is 2.52. The van der Waals surface area contributed by atoms with Crippen molar-refractivity contribution in [2.24, 2.45) is 0 Å². The first-order chi connectivity index (χ1) is 11.6. The minimum Gasteiger partial charge on any atom is -0.489 e. The summed E-state index contributed by atoms with van der Waals surface area (Å²) in [7, 11) is 3.54. The Morgan fingerprint density at radius 3 is 2.71 bits per heavy atom. The van der Waals surface area contributed by atoms with Gasteiger partial charge in [0.2, 0.25) is 5.91 Å². The first-order valence-corrected chi connectivity index (χ1v) is 7.97. The lowest BCUT2D eigenvalue weighted by molar-refractivity contribution is -0.128. The second-order valence-electron chi connectivity index (χ2n) is 5.94. The Morgan fingerprint density at radius 1 is 1.17 bits per heavy atom. The predicted molar refractivity (Wildman–Crippen MR) is 93.9 cm³/mol. The molecule has 5 heteroatoms. The van der Waals surface area contributed by atoms with Gasteiger partial charge in [-0.3, -0.25) is 9.89 Å². The number of carbonyl (C=O) groups excluding carboxylic acids is 1. The molecule has 0 aliphatic heterocycles. The van der Waals surface area contributed by atoms with E-state index < -0.39 is 0 Å². The number of fused-ring (bicyclic) bond motifs is 1. The summed E-state index contributed by atoms with van der Waals surface area (Å²) in [6.07, 6.45) is 1.12. The van der Waals surface area contributed by atoms with Crippen molar-refractivity contribution in [1.82, 2.24) is 15.1 Å². The Kier molecular flexibility index (Phi) is 4.79. The predicted octanol–water partition coefficient (Wildman–Crippen LogP) is 3.16. The second-order valence-corrected chi connectivity index (χ2v) is 5.94. The Balaban J connectivity index is 1.68. The van der Waals surface area contributed by atoms with Crippen LogP contribution in [0.15, 0.2) is 48.5 Å². The zero-order valence-corrected chi connectivity index (χ0v) is 14.0. The molecule has 0 aliphatic carbocycles. The average Bonchev–Trinajstić information content (AvgIpc) is 3.01. The Morgan fingerprint density at radius 2 is 1.96 bits per heavy atom. The topological polar surface area (TPSA) is 58.2 Å². The van der Waals surface area contributed by atoms with Crippen molar-refractivity contribution in [3.63, 3.8) is 0 Å². The molecule has 5 nitrogen and oxygen atoms in total. The largest absolute Gasteiger partial charge is 0.489 e. The summed E-state index contributed by atoms with van der Waals surface area (Å²) in [6.45, 7) is 0.529. The molecule has 1 aromatic heterocycles. The van der Waals surface area contributed by atoms with Gasteiger partial charge in [0, 0.05) is 37.7 Å². The van der Waals surface area contributed by atoms with Crippen LogP contribution in [0.4, 0.5) is 0 Å². The van der Waals surface area contributed by atoms with Crippen LogP contribution in [0, 0.1) is 0 Å². The van der Waals surface area contributed by atoms with Crippen LogP contribution in [-0.2, 0) is 17.8 Å². The molecule has 0 unspecified atom stereocenters. The maximum absolute atomic E-state index is 11.7. The number of benzene rings is 2. The van der Waals surface area contributed by atoms with Crippen LogP contribution >= 0.6 is 0 Å². The summed E-state index contributed by atoms with van der Waals surface area (Å²) in [5.74, 6) is 0.898. The highest BCUT2D eigenvalue weighted by atomic mass is 16.5. The van der Waals surface area contributed by atoms with Crippen molar-refractivity contribution >= 4 is 16.8 Å². The van der Waals surface area contributed by atoms with Gasteiger partial charge in [-0.15, -0.1) is 0 Å². The molecule has 0 fully saturated rings. The summed E-state index contributed by atoms with van der Waals surface area (Å²) < 4.78 is 5.82. The standard InChI is InChI=1S/C19H21N3O2/c1-22(2)19(23)11-10-17-16-9-8-15(12-18(16)21-20-17)24-13-14-6-4-3-5-7-14/h3-9,12H,10-11,13H2,1-2H3,(H,20,21). The fourth-order valence-electron chi connectivity index (χ4n) is 2.52. The van der Waals surface area contributed by atoms with Crippen molar-refractivity contribution in [3.8, 4) is 5.75 Å². The van der Waals surface area contributed by atoms with Gasteiger partial charge in [0.15, 0.2) is 0 Å². The number of hydrogen-bond donors (Lipinski definition) is 1.